The van der Waals surface area contributed by atoms with Crippen LogP contribution >= 0.6 is 0 Å². The third-order valence-corrected chi connectivity index (χ3v) is 3.95. The summed E-state index contributed by atoms with van der Waals surface area (Å²) in [4.78, 5) is 11.5. The molecule has 3 unspecified atom stereocenters. The van der Waals surface area contributed by atoms with Crippen LogP contribution in [0.25, 0.3) is 0 Å². The third kappa shape index (κ3) is 2.19. The quantitative estimate of drug-likeness (QED) is 0.868. The molecule has 1 aromatic rings. The number of hydrogen-bond donors (Lipinski definition) is 2. The zero-order valence-electron chi connectivity index (χ0n) is 10.6. The van der Waals surface area contributed by atoms with Crippen LogP contribution in [0.5, 0.6) is 0 Å². The van der Waals surface area contributed by atoms with Crippen molar-refractivity contribution in [3.8, 4) is 0 Å². The predicted molar refractivity (Wildman–Crippen MR) is 68.2 cm³/mol. The number of rotatable bonds is 3. The highest BCUT2D eigenvalue weighted by Crippen LogP contribution is 2.40. The first-order valence-electron chi connectivity index (χ1n) is 6.30. The van der Waals surface area contributed by atoms with Crippen molar-refractivity contribution in [3.05, 3.63) is 29.6 Å². The van der Waals surface area contributed by atoms with Crippen LogP contribution in [0.1, 0.15) is 31.7 Å². The maximum Gasteiger partial charge on any atom is 0.311 e. The van der Waals surface area contributed by atoms with E-state index < -0.39 is 11.9 Å². The van der Waals surface area contributed by atoms with Gasteiger partial charge in [-0.25, -0.2) is 4.39 Å². The fourth-order valence-corrected chi connectivity index (χ4v) is 2.68. The zero-order chi connectivity index (χ0) is 13.3. The highest BCUT2D eigenvalue weighted by Gasteiger charge is 2.37. The third-order valence-electron chi connectivity index (χ3n) is 3.95. The van der Waals surface area contributed by atoms with Crippen molar-refractivity contribution in [2.75, 3.05) is 11.9 Å². The fraction of sp³-hybridized carbons (Fsp3) is 0.500. The monoisotopic (exact) mass is 251 g/mol. The van der Waals surface area contributed by atoms with Gasteiger partial charge in [-0.1, -0.05) is 20.3 Å². The van der Waals surface area contributed by atoms with Crippen molar-refractivity contribution in [1.82, 2.24) is 0 Å². The van der Waals surface area contributed by atoms with Crippen molar-refractivity contribution in [3.63, 3.8) is 0 Å². The first kappa shape index (κ1) is 12.9. The van der Waals surface area contributed by atoms with Crippen LogP contribution in [0, 0.1) is 17.7 Å². The standard InChI is InChI=1S/C14H18FNO2/c1-3-8(2)11-7-16-12-5-4-9(15)6-10(12)13(11)14(17)18/h4-6,8,11,13,16H,3,7H2,1-2H3,(H,17,18). The largest absolute Gasteiger partial charge is 0.481 e. The molecular formula is C14H18FNO2. The summed E-state index contributed by atoms with van der Waals surface area (Å²) < 4.78 is 13.3. The Bertz CT molecular complexity index is 461. The molecule has 4 heteroatoms. The van der Waals surface area contributed by atoms with E-state index in [2.05, 4.69) is 5.32 Å². The molecule has 0 amide bonds. The summed E-state index contributed by atoms with van der Waals surface area (Å²) in [6.07, 6.45) is 0.917. The van der Waals surface area contributed by atoms with Gasteiger partial charge in [0.15, 0.2) is 0 Å². The molecule has 0 bridgehead atoms. The summed E-state index contributed by atoms with van der Waals surface area (Å²) in [5, 5.41) is 12.7. The van der Waals surface area contributed by atoms with Crippen LogP contribution in [-0.2, 0) is 4.79 Å². The van der Waals surface area contributed by atoms with Gasteiger partial charge < -0.3 is 10.4 Å². The second kappa shape index (κ2) is 4.96. The second-order valence-corrected chi connectivity index (χ2v) is 4.98. The molecule has 0 saturated carbocycles. The number of hydrogen-bond acceptors (Lipinski definition) is 2. The van der Waals surface area contributed by atoms with Crippen molar-refractivity contribution in [2.45, 2.75) is 26.2 Å². The molecule has 0 aromatic heterocycles. The zero-order valence-corrected chi connectivity index (χ0v) is 10.6. The lowest BCUT2D eigenvalue weighted by molar-refractivity contribution is -0.140. The van der Waals surface area contributed by atoms with Gasteiger partial charge in [0.25, 0.3) is 0 Å². The summed E-state index contributed by atoms with van der Waals surface area (Å²) in [7, 11) is 0. The summed E-state index contributed by atoms with van der Waals surface area (Å²) in [5.74, 6) is -1.58. The minimum Gasteiger partial charge on any atom is -0.481 e. The Labute approximate surface area is 106 Å². The van der Waals surface area contributed by atoms with Gasteiger partial charge in [-0.05, 0) is 35.6 Å². The number of carboxylic acid groups (broad SMARTS) is 1. The summed E-state index contributed by atoms with van der Waals surface area (Å²) in [5.41, 5.74) is 1.31. The molecule has 1 heterocycles. The molecule has 1 aromatic carbocycles. The van der Waals surface area contributed by atoms with E-state index in [0.717, 1.165) is 12.1 Å². The summed E-state index contributed by atoms with van der Waals surface area (Å²) in [6.45, 7) is 4.72. The first-order valence-corrected chi connectivity index (χ1v) is 6.30. The number of carbonyl (C=O) groups is 1. The molecule has 18 heavy (non-hydrogen) atoms. The van der Waals surface area contributed by atoms with Crippen molar-refractivity contribution >= 4 is 11.7 Å². The average molecular weight is 251 g/mol. The van der Waals surface area contributed by atoms with Gasteiger partial charge in [0, 0.05) is 12.2 Å². The molecule has 0 radical (unpaired) electrons. The van der Waals surface area contributed by atoms with Crippen LogP contribution < -0.4 is 5.32 Å². The van der Waals surface area contributed by atoms with E-state index in [1.807, 2.05) is 13.8 Å². The Morgan fingerprint density at radius 1 is 1.61 bits per heavy atom. The van der Waals surface area contributed by atoms with E-state index in [1.165, 1.54) is 12.1 Å². The highest BCUT2D eigenvalue weighted by atomic mass is 19.1. The fourth-order valence-electron chi connectivity index (χ4n) is 2.68. The van der Waals surface area contributed by atoms with Gasteiger partial charge in [-0.2, -0.15) is 0 Å². The maximum absolute atomic E-state index is 13.3. The lowest BCUT2D eigenvalue weighted by Gasteiger charge is -2.35. The van der Waals surface area contributed by atoms with E-state index in [9.17, 15) is 14.3 Å². The van der Waals surface area contributed by atoms with E-state index >= 15 is 0 Å². The van der Waals surface area contributed by atoms with E-state index in [-0.39, 0.29) is 17.7 Å². The average Bonchev–Trinajstić information content (AvgIpc) is 2.35. The normalized spacial score (nSPS) is 23.9. The summed E-state index contributed by atoms with van der Waals surface area (Å²) >= 11 is 0. The van der Waals surface area contributed by atoms with Gasteiger partial charge in [-0.15, -0.1) is 0 Å². The summed E-state index contributed by atoms with van der Waals surface area (Å²) in [6, 6.07) is 4.32. The Balaban J connectivity index is 2.44. The molecule has 3 nitrogen and oxygen atoms in total. The van der Waals surface area contributed by atoms with Crippen LogP contribution in [0.2, 0.25) is 0 Å². The first-order chi connectivity index (χ1) is 8.54. The minimum absolute atomic E-state index is 0.00167. The van der Waals surface area contributed by atoms with Gasteiger partial charge in [0.2, 0.25) is 0 Å². The Hall–Kier alpha value is -1.58. The van der Waals surface area contributed by atoms with Crippen LogP contribution in [0.3, 0.4) is 0 Å². The van der Waals surface area contributed by atoms with E-state index in [0.29, 0.717) is 12.1 Å². The number of nitrogens with one attached hydrogen (secondary N) is 1. The molecular weight excluding hydrogens is 233 g/mol. The number of benzene rings is 1. The molecule has 98 valence electrons. The lowest BCUT2D eigenvalue weighted by Crippen LogP contribution is -2.36. The number of aliphatic carboxylic acids is 1. The molecule has 3 atom stereocenters. The number of carboxylic acids is 1. The SMILES string of the molecule is CCC(C)C1CNc2ccc(F)cc2C1C(=O)O. The Kier molecular flexibility index (Phi) is 3.55. The molecule has 1 aliphatic heterocycles. The number of fused-ring (bicyclic) bond motifs is 1. The van der Waals surface area contributed by atoms with Crippen molar-refractivity contribution in [1.29, 1.82) is 0 Å². The molecule has 0 saturated heterocycles. The Morgan fingerprint density at radius 3 is 2.94 bits per heavy atom. The second-order valence-electron chi connectivity index (χ2n) is 4.98. The number of halogens is 1. The van der Waals surface area contributed by atoms with E-state index in [1.54, 1.807) is 6.07 Å². The molecule has 0 spiro atoms. The lowest BCUT2D eigenvalue weighted by atomic mass is 9.75. The van der Waals surface area contributed by atoms with Gasteiger partial charge in [0.05, 0.1) is 5.92 Å². The molecule has 1 aliphatic rings. The van der Waals surface area contributed by atoms with Gasteiger partial charge >= 0.3 is 5.97 Å². The van der Waals surface area contributed by atoms with Crippen LogP contribution in [0.4, 0.5) is 10.1 Å². The predicted octanol–water partition coefficient (Wildman–Crippen LogP) is 3.08. The molecule has 0 aliphatic carbocycles. The van der Waals surface area contributed by atoms with Crippen LogP contribution in [0.15, 0.2) is 18.2 Å². The minimum atomic E-state index is -0.867. The highest BCUT2D eigenvalue weighted by molar-refractivity contribution is 5.80. The molecule has 2 N–H and O–H groups in total. The molecule has 0 fully saturated rings. The van der Waals surface area contributed by atoms with Gasteiger partial charge in [0.1, 0.15) is 5.82 Å². The van der Waals surface area contributed by atoms with Crippen molar-refractivity contribution in [2.24, 2.45) is 11.8 Å². The maximum atomic E-state index is 13.3. The Morgan fingerprint density at radius 2 is 2.33 bits per heavy atom. The smallest absolute Gasteiger partial charge is 0.311 e. The van der Waals surface area contributed by atoms with Crippen molar-refractivity contribution < 1.29 is 14.3 Å². The topological polar surface area (TPSA) is 49.3 Å². The van der Waals surface area contributed by atoms with Gasteiger partial charge in [-0.3, -0.25) is 4.79 Å². The molecule has 2 rings (SSSR count). The van der Waals surface area contributed by atoms with E-state index in [4.69, 9.17) is 0 Å². The van der Waals surface area contributed by atoms with Crippen LogP contribution in [-0.4, -0.2) is 17.6 Å². The number of anilines is 1.